The molecular formula is C39H56N2O2. The van der Waals surface area contributed by atoms with Crippen LogP contribution in [0.2, 0.25) is 0 Å². The van der Waals surface area contributed by atoms with Gasteiger partial charge in [0.2, 0.25) is 0 Å². The summed E-state index contributed by atoms with van der Waals surface area (Å²) in [6.07, 6.45) is 3.73. The van der Waals surface area contributed by atoms with Crippen molar-refractivity contribution in [3.05, 3.63) is 95.1 Å². The van der Waals surface area contributed by atoms with Crippen molar-refractivity contribution in [2.45, 2.75) is 87.0 Å². The summed E-state index contributed by atoms with van der Waals surface area (Å²) in [5.74, 6) is 0.114. The predicted molar refractivity (Wildman–Crippen MR) is 184 cm³/mol. The van der Waals surface area contributed by atoms with E-state index in [0.29, 0.717) is 6.61 Å². The number of anilines is 2. The van der Waals surface area contributed by atoms with Gasteiger partial charge in [0.15, 0.2) is 0 Å². The average Bonchev–Trinajstić information content (AvgIpc) is 2.93. The monoisotopic (exact) mass is 584 g/mol. The standard InChI is InChI=1S/C39H56N2O2/c1-29-14-16-30(17-15-29)35(32-20-24-34(25-21-32)41(9)10)31-18-22-33(23-19-31)40-26-12-11-13-27-43-36(42)39(8,38(5,6)7)28-37(2,3)4/h14-25,35,40H,11-13,26-28H2,1-10H3. The number of esters is 1. The highest BCUT2D eigenvalue weighted by molar-refractivity contribution is 5.77. The van der Waals surface area contributed by atoms with Crippen LogP contribution >= 0.6 is 0 Å². The third-order valence-electron chi connectivity index (χ3n) is 8.77. The smallest absolute Gasteiger partial charge is 0.312 e. The number of carbonyl (C=O) groups excluding carboxylic acids is 1. The van der Waals surface area contributed by atoms with Crippen molar-refractivity contribution in [2.24, 2.45) is 16.2 Å². The Kier molecular flexibility index (Phi) is 11.5. The molecule has 2 atom stereocenters. The molecule has 0 fully saturated rings. The maximum Gasteiger partial charge on any atom is 0.312 e. The maximum absolute atomic E-state index is 13.1. The Balaban J connectivity index is 1.53. The number of aryl methyl sites for hydroxylation is 1. The van der Waals surface area contributed by atoms with Crippen molar-refractivity contribution in [1.82, 2.24) is 0 Å². The van der Waals surface area contributed by atoms with Gasteiger partial charge < -0.3 is 15.0 Å². The molecule has 234 valence electrons. The van der Waals surface area contributed by atoms with Gasteiger partial charge in [0.1, 0.15) is 0 Å². The first-order valence-electron chi connectivity index (χ1n) is 16.0. The zero-order valence-electron chi connectivity index (χ0n) is 28.5. The first-order chi connectivity index (χ1) is 20.1. The molecular weight excluding hydrogens is 528 g/mol. The van der Waals surface area contributed by atoms with Gasteiger partial charge in [0.05, 0.1) is 12.0 Å². The number of hydrogen-bond acceptors (Lipinski definition) is 4. The first kappa shape index (κ1) is 34.2. The van der Waals surface area contributed by atoms with Gasteiger partial charge in [0, 0.05) is 37.9 Å². The van der Waals surface area contributed by atoms with Crippen molar-refractivity contribution in [2.75, 3.05) is 37.5 Å². The average molecular weight is 585 g/mol. The molecule has 2 unspecified atom stereocenters. The molecule has 0 aromatic heterocycles. The van der Waals surface area contributed by atoms with Crippen molar-refractivity contribution < 1.29 is 9.53 Å². The highest BCUT2D eigenvalue weighted by Crippen LogP contribution is 2.47. The van der Waals surface area contributed by atoms with Crippen LogP contribution in [0.25, 0.3) is 0 Å². The number of nitrogens with zero attached hydrogens (tertiary/aromatic N) is 1. The summed E-state index contributed by atoms with van der Waals surface area (Å²) < 4.78 is 5.82. The molecule has 0 radical (unpaired) electrons. The Morgan fingerprint density at radius 2 is 1.26 bits per heavy atom. The van der Waals surface area contributed by atoms with E-state index in [0.717, 1.165) is 37.9 Å². The van der Waals surface area contributed by atoms with Crippen molar-refractivity contribution in [3.8, 4) is 0 Å². The Labute approximate surface area is 262 Å². The van der Waals surface area contributed by atoms with E-state index >= 15 is 0 Å². The summed E-state index contributed by atoms with van der Waals surface area (Å²) >= 11 is 0. The van der Waals surface area contributed by atoms with Crippen LogP contribution in [-0.2, 0) is 9.53 Å². The third kappa shape index (κ3) is 9.61. The molecule has 3 aromatic rings. The second kappa shape index (κ2) is 14.5. The van der Waals surface area contributed by atoms with E-state index in [1.54, 1.807) is 0 Å². The van der Waals surface area contributed by atoms with Crippen LogP contribution in [0, 0.1) is 23.2 Å². The number of unbranched alkanes of at least 4 members (excludes halogenated alkanes) is 2. The van der Waals surface area contributed by atoms with Crippen LogP contribution in [0.3, 0.4) is 0 Å². The molecule has 0 saturated carbocycles. The molecule has 0 aliphatic heterocycles. The molecule has 0 aliphatic carbocycles. The second-order valence-corrected chi connectivity index (χ2v) is 14.9. The van der Waals surface area contributed by atoms with E-state index in [-0.39, 0.29) is 22.7 Å². The minimum Gasteiger partial charge on any atom is -0.465 e. The van der Waals surface area contributed by atoms with E-state index in [1.807, 2.05) is 0 Å². The fourth-order valence-electron chi connectivity index (χ4n) is 5.76. The molecule has 3 rings (SSSR count). The summed E-state index contributed by atoms with van der Waals surface area (Å²) in [4.78, 5) is 15.3. The van der Waals surface area contributed by atoms with Crippen molar-refractivity contribution in [1.29, 1.82) is 0 Å². The summed E-state index contributed by atoms with van der Waals surface area (Å²) in [5.41, 5.74) is 6.86. The molecule has 0 heterocycles. The van der Waals surface area contributed by atoms with Crippen LogP contribution in [0.5, 0.6) is 0 Å². The Morgan fingerprint density at radius 1 is 0.744 bits per heavy atom. The van der Waals surface area contributed by atoms with E-state index < -0.39 is 5.41 Å². The summed E-state index contributed by atoms with van der Waals surface area (Å²) in [6.45, 7) is 18.6. The number of hydrogen-bond donors (Lipinski definition) is 1. The quantitative estimate of drug-likeness (QED) is 0.123. The number of ether oxygens (including phenoxy) is 1. The van der Waals surface area contributed by atoms with Gasteiger partial charge in [-0.2, -0.15) is 0 Å². The Hall–Kier alpha value is -3.27. The molecule has 1 N–H and O–H groups in total. The molecule has 0 bridgehead atoms. The molecule has 3 aromatic carbocycles. The highest BCUT2D eigenvalue weighted by Gasteiger charge is 2.47. The molecule has 43 heavy (non-hydrogen) atoms. The second-order valence-electron chi connectivity index (χ2n) is 14.9. The lowest BCUT2D eigenvalue weighted by Gasteiger charge is -2.43. The minimum absolute atomic E-state index is 0.0596. The summed E-state index contributed by atoms with van der Waals surface area (Å²) in [7, 11) is 4.15. The topological polar surface area (TPSA) is 41.6 Å². The lowest BCUT2D eigenvalue weighted by molar-refractivity contribution is -0.164. The van der Waals surface area contributed by atoms with Crippen LogP contribution in [0.4, 0.5) is 11.4 Å². The number of carbonyl (C=O) groups is 1. The number of rotatable bonds is 13. The normalized spacial score (nSPS) is 14.1. The van der Waals surface area contributed by atoms with Crippen LogP contribution in [0.1, 0.15) is 102 Å². The largest absolute Gasteiger partial charge is 0.465 e. The summed E-state index contributed by atoms with van der Waals surface area (Å²) in [5, 5.41) is 3.57. The maximum atomic E-state index is 13.1. The van der Waals surface area contributed by atoms with Gasteiger partial charge in [-0.1, -0.05) is 95.6 Å². The molecule has 0 spiro atoms. The molecule has 4 nitrogen and oxygen atoms in total. The van der Waals surface area contributed by atoms with Crippen LogP contribution in [-0.4, -0.2) is 33.2 Å². The fraction of sp³-hybridized carbons (Fsp3) is 0.513. The fourth-order valence-corrected chi connectivity index (χ4v) is 5.76. The van der Waals surface area contributed by atoms with E-state index in [4.69, 9.17) is 4.74 Å². The Bertz CT molecular complexity index is 1280. The van der Waals surface area contributed by atoms with Gasteiger partial charge in [-0.25, -0.2) is 0 Å². The van der Waals surface area contributed by atoms with Gasteiger partial charge in [0.25, 0.3) is 0 Å². The minimum atomic E-state index is -0.507. The lowest BCUT2D eigenvalue weighted by atomic mass is 9.61. The van der Waals surface area contributed by atoms with E-state index in [9.17, 15) is 4.79 Å². The lowest BCUT2D eigenvalue weighted by Crippen LogP contribution is -2.44. The number of nitrogens with one attached hydrogen (secondary N) is 1. The first-order valence-corrected chi connectivity index (χ1v) is 16.0. The van der Waals surface area contributed by atoms with Gasteiger partial charge in [-0.15, -0.1) is 0 Å². The zero-order chi connectivity index (χ0) is 31.8. The van der Waals surface area contributed by atoms with E-state index in [2.05, 4.69) is 152 Å². The van der Waals surface area contributed by atoms with Gasteiger partial charge in [-0.05, 0) is 91.3 Å². The summed E-state index contributed by atoms with van der Waals surface area (Å²) in [6, 6.07) is 26.6. The van der Waals surface area contributed by atoms with Crippen molar-refractivity contribution in [3.63, 3.8) is 0 Å². The van der Waals surface area contributed by atoms with Crippen molar-refractivity contribution >= 4 is 17.3 Å². The zero-order valence-corrected chi connectivity index (χ0v) is 28.5. The third-order valence-corrected chi connectivity index (χ3v) is 8.77. The highest BCUT2D eigenvalue weighted by atomic mass is 16.5. The van der Waals surface area contributed by atoms with E-state index in [1.165, 1.54) is 27.9 Å². The van der Waals surface area contributed by atoms with Gasteiger partial charge in [-0.3, -0.25) is 4.79 Å². The molecule has 4 heteroatoms. The Morgan fingerprint density at radius 3 is 1.74 bits per heavy atom. The number of benzene rings is 3. The SMILES string of the molecule is Cc1ccc(C(c2ccc(NCCCCCOC(=O)C(C)(CC(C)(C)C)C(C)(C)C)cc2)c2ccc(N(C)C)cc2)cc1. The molecule has 0 aliphatic rings. The van der Waals surface area contributed by atoms with Crippen LogP contribution < -0.4 is 10.2 Å². The van der Waals surface area contributed by atoms with Crippen LogP contribution in [0.15, 0.2) is 72.8 Å². The predicted octanol–water partition coefficient (Wildman–Crippen LogP) is 9.86. The molecule has 0 amide bonds. The molecule has 0 saturated heterocycles. The van der Waals surface area contributed by atoms with Gasteiger partial charge >= 0.3 is 5.97 Å².